The summed E-state index contributed by atoms with van der Waals surface area (Å²) in [4.78, 5) is 15.3. The van der Waals surface area contributed by atoms with E-state index in [1.807, 2.05) is 36.4 Å². The van der Waals surface area contributed by atoms with Crippen LogP contribution in [-0.2, 0) is 15.1 Å². The Morgan fingerprint density at radius 2 is 1.68 bits per heavy atom. The first-order chi connectivity index (χ1) is 12.1. The molecule has 1 saturated heterocycles. The van der Waals surface area contributed by atoms with Crippen molar-refractivity contribution in [1.29, 1.82) is 0 Å². The lowest BCUT2D eigenvalue weighted by Gasteiger charge is -2.28. The van der Waals surface area contributed by atoms with Crippen LogP contribution >= 0.6 is 0 Å². The molecular weight excluding hydrogens is 314 g/mol. The SMILES string of the molecule is CCCN1CC[C@@H](OC(=O)C(O)(c2ccccc2)c2ccccc2)C1. The molecular formula is C21H25NO3. The van der Waals surface area contributed by atoms with Gasteiger partial charge in [-0.05, 0) is 30.5 Å². The van der Waals surface area contributed by atoms with E-state index in [-0.39, 0.29) is 6.10 Å². The lowest BCUT2D eigenvalue weighted by molar-refractivity contribution is -0.167. The number of carbonyl (C=O) groups is 1. The summed E-state index contributed by atoms with van der Waals surface area (Å²) in [5.74, 6) is -0.603. The zero-order valence-electron chi connectivity index (χ0n) is 14.6. The molecule has 0 amide bonds. The molecule has 1 aliphatic heterocycles. The van der Waals surface area contributed by atoms with Crippen LogP contribution in [0.15, 0.2) is 60.7 Å². The van der Waals surface area contributed by atoms with Crippen LogP contribution in [0.1, 0.15) is 30.9 Å². The average molecular weight is 339 g/mol. The molecule has 2 aromatic carbocycles. The predicted molar refractivity (Wildman–Crippen MR) is 97.1 cm³/mol. The van der Waals surface area contributed by atoms with Crippen LogP contribution in [0.5, 0.6) is 0 Å². The van der Waals surface area contributed by atoms with Gasteiger partial charge in [0.15, 0.2) is 0 Å². The molecule has 0 saturated carbocycles. The number of rotatable bonds is 6. The first kappa shape index (κ1) is 17.6. The van der Waals surface area contributed by atoms with E-state index in [2.05, 4.69) is 11.8 Å². The largest absolute Gasteiger partial charge is 0.458 e. The van der Waals surface area contributed by atoms with Crippen molar-refractivity contribution in [2.24, 2.45) is 0 Å². The molecule has 4 nitrogen and oxygen atoms in total. The second-order valence-corrected chi connectivity index (χ2v) is 6.56. The highest BCUT2D eigenvalue weighted by molar-refractivity contribution is 5.85. The number of hydrogen-bond acceptors (Lipinski definition) is 4. The molecule has 1 heterocycles. The number of aliphatic hydroxyl groups is 1. The Labute approximate surface area is 149 Å². The smallest absolute Gasteiger partial charge is 0.348 e. The van der Waals surface area contributed by atoms with Crippen molar-refractivity contribution in [3.63, 3.8) is 0 Å². The Morgan fingerprint density at radius 3 is 2.20 bits per heavy atom. The molecule has 0 spiro atoms. The van der Waals surface area contributed by atoms with Crippen LogP contribution in [0.2, 0.25) is 0 Å². The molecule has 25 heavy (non-hydrogen) atoms. The molecule has 4 heteroatoms. The summed E-state index contributed by atoms with van der Waals surface area (Å²) in [6.07, 6.45) is 1.72. The number of benzene rings is 2. The van der Waals surface area contributed by atoms with Crippen LogP contribution < -0.4 is 0 Å². The van der Waals surface area contributed by atoms with Gasteiger partial charge < -0.3 is 9.84 Å². The summed E-state index contributed by atoms with van der Waals surface area (Å²) in [6.45, 7) is 4.82. The molecule has 1 fully saturated rings. The number of hydrogen-bond donors (Lipinski definition) is 1. The lowest BCUT2D eigenvalue weighted by Crippen LogP contribution is -2.41. The predicted octanol–water partition coefficient (Wildman–Crippen LogP) is 2.95. The van der Waals surface area contributed by atoms with Crippen LogP contribution in [0.25, 0.3) is 0 Å². The maximum atomic E-state index is 13.0. The molecule has 1 aliphatic rings. The van der Waals surface area contributed by atoms with Crippen molar-refractivity contribution < 1.29 is 14.6 Å². The molecule has 1 atom stereocenters. The Balaban J connectivity index is 1.84. The van der Waals surface area contributed by atoms with E-state index >= 15 is 0 Å². The number of carbonyl (C=O) groups excluding carboxylic acids is 1. The number of esters is 1. The van der Waals surface area contributed by atoms with Gasteiger partial charge in [-0.15, -0.1) is 0 Å². The highest BCUT2D eigenvalue weighted by Crippen LogP contribution is 2.32. The third-order valence-electron chi connectivity index (χ3n) is 4.72. The minimum absolute atomic E-state index is 0.169. The molecule has 1 N–H and O–H groups in total. The molecule has 3 rings (SSSR count). The van der Waals surface area contributed by atoms with Crippen LogP contribution in [0.4, 0.5) is 0 Å². The Hall–Kier alpha value is -2.17. The fourth-order valence-corrected chi connectivity index (χ4v) is 3.41. The van der Waals surface area contributed by atoms with E-state index in [1.54, 1.807) is 24.3 Å². The Bertz CT molecular complexity index is 647. The second kappa shape index (κ2) is 7.81. The molecule has 0 unspecified atom stereocenters. The van der Waals surface area contributed by atoms with E-state index in [4.69, 9.17) is 4.74 Å². The monoisotopic (exact) mass is 339 g/mol. The van der Waals surface area contributed by atoms with Gasteiger partial charge in [-0.1, -0.05) is 67.6 Å². The molecule has 0 bridgehead atoms. The van der Waals surface area contributed by atoms with Gasteiger partial charge in [0, 0.05) is 13.1 Å². The van der Waals surface area contributed by atoms with E-state index < -0.39 is 11.6 Å². The lowest BCUT2D eigenvalue weighted by atomic mass is 9.86. The highest BCUT2D eigenvalue weighted by Gasteiger charge is 2.43. The Morgan fingerprint density at radius 1 is 1.12 bits per heavy atom. The van der Waals surface area contributed by atoms with E-state index in [9.17, 15) is 9.90 Å². The van der Waals surface area contributed by atoms with E-state index in [0.717, 1.165) is 32.5 Å². The van der Waals surface area contributed by atoms with Gasteiger partial charge in [0.2, 0.25) is 5.60 Å². The van der Waals surface area contributed by atoms with Crippen molar-refractivity contribution in [1.82, 2.24) is 4.90 Å². The maximum Gasteiger partial charge on any atom is 0.348 e. The number of likely N-dealkylation sites (tertiary alicyclic amines) is 1. The van der Waals surface area contributed by atoms with Gasteiger partial charge in [-0.25, -0.2) is 4.79 Å². The van der Waals surface area contributed by atoms with Crippen LogP contribution in [-0.4, -0.2) is 41.7 Å². The normalized spacial score (nSPS) is 18.2. The minimum Gasteiger partial charge on any atom is -0.458 e. The zero-order chi connectivity index (χ0) is 17.7. The van der Waals surface area contributed by atoms with Gasteiger partial charge in [0.05, 0.1) is 0 Å². The fraction of sp³-hybridized carbons (Fsp3) is 0.381. The van der Waals surface area contributed by atoms with Gasteiger partial charge in [0.25, 0.3) is 0 Å². The first-order valence-corrected chi connectivity index (χ1v) is 8.91. The summed E-state index contributed by atoms with van der Waals surface area (Å²) in [7, 11) is 0. The highest BCUT2D eigenvalue weighted by atomic mass is 16.6. The van der Waals surface area contributed by atoms with Gasteiger partial charge >= 0.3 is 5.97 Å². The molecule has 0 aliphatic carbocycles. The Kier molecular flexibility index (Phi) is 5.51. The second-order valence-electron chi connectivity index (χ2n) is 6.56. The van der Waals surface area contributed by atoms with E-state index in [1.165, 1.54) is 0 Å². The van der Waals surface area contributed by atoms with Crippen molar-refractivity contribution in [3.05, 3.63) is 71.8 Å². The summed E-state index contributed by atoms with van der Waals surface area (Å²) >= 11 is 0. The van der Waals surface area contributed by atoms with Crippen LogP contribution in [0.3, 0.4) is 0 Å². The van der Waals surface area contributed by atoms with Crippen molar-refractivity contribution >= 4 is 5.97 Å². The van der Waals surface area contributed by atoms with Crippen LogP contribution in [0, 0.1) is 0 Å². The van der Waals surface area contributed by atoms with Gasteiger partial charge in [-0.3, -0.25) is 4.90 Å². The number of ether oxygens (including phenoxy) is 1. The van der Waals surface area contributed by atoms with Crippen molar-refractivity contribution in [2.75, 3.05) is 19.6 Å². The minimum atomic E-state index is -1.79. The molecule has 0 radical (unpaired) electrons. The summed E-state index contributed by atoms with van der Waals surface area (Å²) in [6, 6.07) is 18.0. The standard InChI is InChI=1S/C21H25NO3/c1-2-14-22-15-13-19(16-22)25-20(23)21(24,17-9-5-3-6-10-17)18-11-7-4-8-12-18/h3-12,19,24H,2,13-16H2,1H3/t19-/m1/s1. The molecule has 2 aromatic rings. The first-order valence-electron chi connectivity index (χ1n) is 8.91. The average Bonchev–Trinajstić information content (AvgIpc) is 3.09. The topological polar surface area (TPSA) is 49.8 Å². The summed E-state index contributed by atoms with van der Waals surface area (Å²) in [5, 5.41) is 11.4. The van der Waals surface area contributed by atoms with Gasteiger partial charge in [-0.2, -0.15) is 0 Å². The molecule has 0 aromatic heterocycles. The molecule has 132 valence electrons. The number of nitrogens with zero attached hydrogens (tertiary/aromatic N) is 1. The summed E-state index contributed by atoms with van der Waals surface area (Å²) in [5.41, 5.74) is -0.745. The third-order valence-corrected chi connectivity index (χ3v) is 4.72. The maximum absolute atomic E-state index is 13.0. The van der Waals surface area contributed by atoms with Crippen molar-refractivity contribution in [3.8, 4) is 0 Å². The van der Waals surface area contributed by atoms with Gasteiger partial charge in [0.1, 0.15) is 6.10 Å². The third kappa shape index (κ3) is 3.75. The fourth-order valence-electron chi connectivity index (χ4n) is 3.41. The quantitative estimate of drug-likeness (QED) is 0.822. The van der Waals surface area contributed by atoms with E-state index in [0.29, 0.717) is 11.1 Å². The summed E-state index contributed by atoms with van der Waals surface area (Å²) < 4.78 is 5.73. The zero-order valence-corrected chi connectivity index (χ0v) is 14.6. The van der Waals surface area contributed by atoms with Crippen molar-refractivity contribution in [2.45, 2.75) is 31.5 Å².